The zero-order valence-electron chi connectivity index (χ0n) is 18.8. The van der Waals surface area contributed by atoms with Crippen LogP contribution in [0.5, 0.6) is 11.5 Å². The number of rotatable bonds is 10. The van der Waals surface area contributed by atoms with Gasteiger partial charge >= 0.3 is 0 Å². The number of likely N-dealkylation sites (tertiary alicyclic amines) is 1. The van der Waals surface area contributed by atoms with Gasteiger partial charge in [0.1, 0.15) is 36.1 Å². The minimum atomic E-state index is -0.829. The van der Waals surface area contributed by atoms with E-state index in [2.05, 4.69) is 33.5 Å². The highest BCUT2D eigenvalue weighted by Gasteiger charge is 2.34. The number of imidazole rings is 1. The third-order valence-corrected chi connectivity index (χ3v) is 5.91. The van der Waals surface area contributed by atoms with E-state index in [1.165, 1.54) is 5.56 Å². The molecule has 32 heavy (non-hydrogen) atoms. The fourth-order valence-corrected chi connectivity index (χ4v) is 4.30. The van der Waals surface area contributed by atoms with E-state index in [1.54, 1.807) is 0 Å². The summed E-state index contributed by atoms with van der Waals surface area (Å²) in [5.74, 6) is 2.75. The maximum Gasteiger partial charge on any atom is 0.119 e. The maximum absolute atomic E-state index is 11.1. The molecule has 0 amide bonds. The Morgan fingerprint density at radius 3 is 2.75 bits per heavy atom. The van der Waals surface area contributed by atoms with Crippen molar-refractivity contribution in [1.29, 1.82) is 0 Å². The molecule has 1 aromatic heterocycles. The second-order valence-corrected chi connectivity index (χ2v) is 8.53. The molecule has 1 aliphatic heterocycles. The molecule has 0 aliphatic carbocycles. The fraction of sp³-hybridized carbons (Fsp3) is 0.423. The summed E-state index contributed by atoms with van der Waals surface area (Å²) in [4.78, 5) is 6.66. The molecule has 6 nitrogen and oxygen atoms in total. The minimum absolute atomic E-state index is 0.310. The van der Waals surface area contributed by atoms with Crippen molar-refractivity contribution in [1.82, 2.24) is 14.5 Å². The molecule has 1 atom stereocenters. The third-order valence-electron chi connectivity index (χ3n) is 5.91. The van der Waals surface area contributed by atoms with Gasteiger partial charge in [0.2, 0.25) is 0 Å². The molecule has 1 N–H and O–H groups in total. The molecule has 170 valence electrons. The van der Waals surface area contributed by atoms with Crippen LogP contribution in [-0.4, -0.2) is 51.5 Å². The summed E-state index contributed by atoms with van der Waals surface area (Å²) in [6.07, 6.45) is 6.46. The van der Waals surface area contributed by atoms with Gasteiger partial charge in [0.05, 0.1) is 6.54 Å². The first-order chi connectivity index (χ1) is 15.6. The Hall–Kier alpha value is -2.83. The van der Waals surface area contributed by atoms with Crippen LogP contribution in [0.15, 0.2) is 67.0 Å². The molecular formula is C26H33N3O3. The Morgan fingerprint density at radius 1 is 1.06 bits per heavy atom. The number of ether oxygens (including phenoxy) is 2. The average Bonchev–Trinajstić information content (AvgIpc) is 3.26. The van der Waals surface area contributed by atoms with Crippen LogP contribution in [0.2, 0.25) is 0 Å². The molecule has 0 bridgehead atoms. The van der Waals surface area contributed by atoms with Gasteiger partial charge in [-0.3, -0.25) is 4.90 Å². The van der Waals surface area contributed by atoms with Crippen LogP contribution in [0.1, 0.15) is 31.2 Å². The molecule has 1 fully saturated rings. The summed E-state index contributed by atoms with van der Waals surface area (Å²) in [7, 11) is 0. The zero-order chi connectivity index (χ0) is 22.2. The number of nitrogens with zero attached hydrogens (tertiary/aromatic N) is 3. The van der Waals surface area contributed by atoms with Crippen LogP contribution in [-0.2, 0) is 19.5 Å². The predicted octanol–water partition coefficient (Wildman–Crippen LogP) is 3.93. The Balaban J connectivity index is 1.28. The minimum Gasteiger partial charge on any atom is -0.492 e. The lowest BCUT2D eigenvalue weighted by Crippen LogP contribution is -2.51. The van der Waals surface area contributed by atoms with Crippen LogP contribution in [0, 0.1) is 0 Å². The molecule has 0 saturated carbocycles. The van der Waals surface area contributed by atoms with Crippen molar-refractivity contribution < 1.29 is 14.6 Å². The molecule has 4 rings (SSSR count). The lowest BCUT2D eigenvalue weighted by atomic mass is 9.93. The quantitative estimate of drug-likeness (QED) is 0.523. The average molecular weight is 436 g/mol. The number of para-hydroxylation sites is 1. The van der Waals surface area contributed by atoms with Crippen LogP contribution >= 0.6 is 0 Å². The number of aromatic nitrogens is 2. The van der Waals surface area contributed by atoms with E-state index in [4.69, 9.17) is 9.47 Å². The van der Waals surface area contributed by atoms with E-state index < -0.39 is 5.60 Å². The first kappa shape index (κ1) is 22.4. The second-order valence-electron chi connectivity index (χ2n) is 8.53. The van der Waals surface area contributed by atoms with Crippen molar-refractivity contribution in [3.63, 3.8) is 0 Å². The normalized spacial score (nSPS) is 19.1. The van der Waals surface area contributed by atoms with Crippen LogP contribution in [0.3, 0.4) is 0 Å². The number of β-amino-alcohol motifs (C(OH)–C–C–N with tert-alkyl or cyclic N) is 1. The number of hydrogen-bond donors (Lipinski definition) is 1. The smallest absolute Gasteiger partial charge is 0.119 e. The van der Waals surface area contributed by atoms with Crippen molar-refractivity contribution in [2.45, 2.75) is 44.9 Å². The second kappa shape index (κ2) is 10.7. The van der Waals surface area contributed by atoms with E-state index in [-0.39, 0.29) is 0 Å². The highest BCUT2D eigenvalue weighted by atomic mass is 16.5. The van der Waals surface area contributed by atoms with Crippen molar-refractivity contribution in [3.8, 4) is 11.5 Å². The standard InChI is InChI=1S/C26H33N3O3/c1-2-25-27-13-15-29(25)16-17-31-24-11-6-8-22(18-24)19-28-14-7-12-26(30,20-28)21-32-23-9-4-3-5-10-23/h3-6,8-11,13,15,18,30H,2,7,12,14,16-17,19-21H2,1H3/t26-/m0/s1. The molecule has 1 saturated heterocycles. The predicted molar refractivity (Wildman–Crippen MR) is 125 cm³/mol. The summed E-state index contributed by atoms with van der Waals surface area (Å²) < 4.78 is 14.0. The van der Waals surface area contributed by atoms with Gasteiger partial charge in [-0.1, -0.05) is 37.3 Å². The summed E-state index contributed by atoms with van der Waals surface area (Å²) in [6, 6.07) is 17.9. The maximum atomic E-state index is 11.1. The Kier molecular flexibility index (Phi) is 7.45. The van der Waals surface area contributed by atoms with Gasteiger partial charge in [-0.25, -0.2) is 4.98 Å². The fourth-order valence-electron chi connectivity index (χ4n) is 4.30. The molecule has 2 aromatic carbocycles. The highest BCUT2D eigenvalue weighted by Crippen LogP contribution is 2.25. The van der Waals surface area contributed by atoms with Gasteiger partial charge in [-0.2, -0.15) is 0 Å². The van der Waals surface area contributed by atoms with E-state index in [0.29, 0.717) is 19.8 Å². The largest absolute Gasteiger partial charge is 0.492 e. The number of aliphatic hydroxyl groups is 1. The molecule has 0 spiro atoms. The van der Waals surface area contributed by atoms with Gasteiger partial charge in [-0.15, -0.1) is 0 Å². The molecular weight excluding hydrogens is 402 g/mol. The highest BCUT2D eigenvalue weighted by molar-refractivity contribution is 5.28. The van der Waals surface area contributed by atoms with Crippen LogP contribution < -0.4 is 9.47 Å². The summed E-state index contributed by atoms with van der Waals surface area (Å²) in [5.41, 5.74) is 0.358. The van der Waals surface area contributed by atoms with Crippen LogP contribution in [0.25, 0.3) is 0 Å². The Bertz CT molecular complexity index is 975. The molecule has 2 heterocycles. The van der Waals surface area contributed by atoms with Gasteiger partial charge in [0.15, 0.2) is 0 Å². The molecule has 0 radical (unpaired) electrons. The van der Waals surface area contributed by atoms with Gasteiger partial charge in [-0.05, 0) is 49.2 Å². The van der Waals surface area contributed by atoms with Gasteiger partial charge in [0.25, 0.3) is 0 Å². The van der Waals surface area contributed by atoms with Crippen LogP contribution in [0.4, 0.5) is 0 Å². The molecule has 6 heteroatoms. The zero-order valence-corrected chi connectivity index (χ0v) is 18.8. The van der Waals surface area contributed by atoms with Gasteiger partial charge < -0.3 is 19.1 Å². The molecule has 1 aliphatic rings. The monoisotopic (exact) mass is 435 g/mol. The first-order valence-electron chi connectivity index (χ1n) is 11.5. The van der Waals surface area contributed by atoms with Crippen molar-refractivity contribution in [3.05, 3.63) is 78.4 Å². The number of aryl methyl sites for hydroxylation is 1. The topological polar surface area (TPSA) is 59.8 Å². The first-order valence-corrected chi connectivity index (χ1v) is 11.5. The number of piperidine rings is 1. The lowest BCUT2D eigenvalue weighted by Gasteiger charge is -2.39. The van der Waals surface area contributed by atoms with E-state index in [0.717, 1.165) is 56.2 Å². The molecule has 0 unspecified atom stereocenters. The SMILES string of the molecule is CCc1nccn1CCOc1cccc(CN2CCC[C@@](O)(COc3ccccc3)C2)c1. The summed E-state index contributed by atoms with van der Waals surface area (Å²) >= 11 is 0. The third kappa shape index (κ3) is 6.11. The lowest BCUT2D eigenvalue weighted by molar-refractivity contribution is -0.0621. The molecule has 3 aromatic rings. The van der Waals surface area contributed by atoms with E-state index in [9.17, 15) is 5.11 Å². The Morgan fingerprint density at radius 2 is 1.91 bits per heavy atom. The number of hydrogen-bond acceptors (Lipinski definition) is 5. The van der Waals surface area contributed by atoms with Crippen molar-refractivity contribution >= 4 is 0 Å². The van der Waals surface area contributed by atoms with Crippen molar-refractivity contribution in [2.24, 2.45) is 0 Å². The Labute approximate surface area is 190 Å². The van der Waals surface area contributed by atoms with E-state index >= 15 is 0 Å². The van der Waals surface area contributed by atoms with Gasteiger partial charge in [0, 0.05) is 31.9 Å². The summed E-state index contributed by atoms with van der Waals surface area (Å²) in [6.45, 7) is 6.17. The van der Waals surface area contributed by atoms with E-state index in [1.807, 2.05) is 54.9 Å². The number of benzene rings is 2. The summed E-state index contributed by atoms with van der Waals surface area (Å²) in [5, 5.41) is 11.1. The van der Waals surface area contributed by atoms with Crippen molar-refractivity contribution in [2.75, 3.05) is 26.3 Å².